The first-order chi connectivity index (χ1) is 7.27. The van der Waals surface area contributed by atoms with E-state index < -0.39 is 0 Å². The Bertz CT molecular complexity index is 294. The van der Waals surface area contributed by atoms with Gasteiger partial charge in [0.25, 0.3) is 0 Å². The number of aromatic nitrogens is 1. The van der Waals surface area contributed by atoms with E-state index in [2.05, 4.69) is 35.1 Å². The average molecular weight is 242 g/mol. The molecule has 2 heterocycles. The Labute approximate surface area is 104 Å². The minimum absolute atomic E-state index is 0. The number of nitrogens with one attached hydrogen (secondary N) is 1. The van der Waals surface area contributed by atoms with Crippen molar-refractivity contribution in [3.05, 3.63) is 30.1 Å². The summed E-state index contributed by atoms with van der Waals surface area (Å²) in [6.07, 6.45) is 3.79. The second kappa shape index (κ2) is 6.18. The smallest absolute Gasteiger partial charge is 0.0312 e. The molecule has 0 bridgehead atoms. The molecule has 0 amide bonds. The first-order valence-corrected chi connectivity index (χ1v) is 5.62. The molecule has 1 fully saturated rings. The summed E-state index contributed by atoms with van der Waals surface area (Å²) < 4.78 is 0. The zero-order valence-corrected chi connectivity index (χ0v) is 10.7. The zero-order chi connectivity index (χ0) is 10.7. The highest BCUT2D eigenvalue weighted by Crippen LogP contribution is 2.13. The topological polar surface area (TPSA) is 28.2 Å². The molecule has 1 aromatic heterocycles. The van der Waals surface area contributed by atoms with E-state index in [9.17, 15) is 0 Å². The Morgan fingerprint density at radius 1 is 1.38 bits per heavy atom. The lowest BCUT2D eigenvalue weighted by Crippen LogP contribution is -2.54. The maximum absolute atomic E-state index is 4.16. The molecular weight excluding hydrogens is 222 g/mol. The maximum atomic E-state index is 4.16. The van der Waals surface area contributed by atoms with E-state index in [-0.39, 0.29) is 12.4 Å². The lowest BCUT2D eigenvalue weighted by Gasteiger charge is -2.39. The third-order valence-electron chi connectivity index (χ3n) is 3.10. The summed E-state index contributed by atoms with van der Waals surface area (Å²) in [5, 5.41) is 3.44. The van der Waals surface area contributed by atoms with Gasteiger partial charge in [-0.1, -0.05) is 6.07 Å². The van der Waals surface area contributed by atoms with Gasteiger partial charge in [-0.15, -0.1) is 12.4 Å². The van der Waals surface area contributed by atoms with Crippen LogP contribution in [0, 0.1) is 0 Å². The van der Waals surface area contributed by atoms with Gasteiger partial charge in [-0.3, -0.25) is 9.88 Å². The number of hydrogen-bond acceptors (Lipinski definition) is 3. The summed E-state index contributed by atoms with van der Waals surface area (Å²) >= 11 is 0. The van der Waals surface area contributed by atoms with E-state index in [1.807, 2.05) is 18.5 Å². The van der Waals surface area contributed by atoms with Crippen molar-refractivity contribution >= 4 is 12.4 Å². The largest absolute Gasteiger partial charge is 0.314 e. The fourth-order valence-corrected chi connectivity index (χ4v) is 2.18. The Hall–Kier alpha value is -0.640. The third kappa shape index (κ3) is 3.17. The Morgan fingerprint density at radius 2 is 2.06 bits per heavy atom. The van der Waals surface area contributed by atoms with Gasteiger partial charge in [-0.05, 0) is 25.5 Å². The number of pyridine rings is 1. The van der Waals surface area contributed by atoms with E-state index in [0.29, 0.717) is 12.1 Å². The second-order valence-corrected chi connectivity index (χ2v) is 4.39. The Morgan fingerprint density at radius 3 is 2.62 bits per heavy atom. The average Bonchev–Trinajstić information content (AvgIpc) is 2.25. The Balaban J connectivity index is 0.00000128. The molecule has 0 aromatic carbocycles. The fourth-order valence-electron chi connectivity index (χ4n) is 2.18. The first-order valence-electron chi connectivity index (χ1n) is 5.62. The summed E-state index contributed by atoms with van der Waals surface area (Å²) in [6.45, 7) is 7.74. The number of halogens is 1. The van der Waals surface area contributed by atoms with E-state index in [1.54, 1.807) is 0 Å². The van der Waals surface area contributed by atoms with Crippen molar-refractivity contribution in [2.45, 2.75) is 32.5 Å². The molecule has 3 nitrogen and oxygen atoms in total. The molecule has 2 atom stereocenters. The van der Waals surface area contributed by atoms with Crippen LogP contribution in [-0.2, 0) is 6.54 Å². The van der Waals surface area contributed by atoms with E-state index in [4.69, 9.17) is 0 Å². The molecule has 0 radical (unpaired) electrons. The van der Waals surface area contributed by atoms with Gasteiger partial charge in [0.15, 0.2) is 0 Å². The summed E-state index contributed by atoms with van der Waals surface area (Å²) in [4.78, 5) is 6.69. The minimum Gasteiger partial charge on any atom is -0.314 e. The zero-order valence-electron chi connectivity index (χ0n) is 9.89. The van der Waals surface area contributed by atoms with Crippen LogP contribution in [-0.4, -0.2) is 35.1 Å². The third-order valence-corrected chi connectivity index (χ3v) is 3.10. The van der Waals surface area contributed by atoms with Crippen LogP contribution in [0.2, 0.25) is 0 Å². The summed E-state index contributed by atoms with van der Waals surface area (Å²) in [7, 11) is 0. The number of hydrogen-bond donors (Lipinski definition) is 1. The van der Waals surface area contributed by atoms with Gasteiger partial charge in [0.2, 0.25) is 0 Å². The maximum Gasteiger partial charge on any atom is 0.0312 e. The van der Waals surface area contributed by atoms with Crippen molar-refractivity contribution in [1.29, 1.82) is 0 Å². The normalized spacial score (nSPS) is 26.1. The van der Waals surface area contributed by atoms with Crippen LogP contribution in [0.4, 0.5) is 0 Å². The van der Waals surface area contributed by atoms with Crippen LogP contribution in [0.25, 0.3) is 0 Å². The summed E-state index contributed by atoms with van der Waals surface area (Å²) in [5.41, 5.74) is 1.30. The van der Waals surface area contributed by atoms with E-state index in [0.717, 1.165) is 19.6 Å². The highest BCUT2D eigenvalue weighted by atomic mass is 35.5. The first kappa shape index (κ1) is 13.4. The summed E-state index contributed by atoms with van der Waals surface area (Å²) in [6, 6.07) is 5.37. The number of rotatable bonds is 2. The van der Waals surface area contributed by atoms with Gasteiger partial charge >= 0.3 is 0 Å². The molecule has 90 valence electrons. The predicted octanol–water partition coefficient (Wildman–Crippen LogP) is 1.69. The van der Waals surface area contributed by atoms with Gasteiger partial charge in [0, 0.05) is 44.1 Å². The highest BCUT2D eigenvalue weighted by molar-refractivity contribution is 5.85. The van der Waals surface area contributed by atoms with Crippen LogP contribution in [0.1, 0.15) is 19.4 Å². The molecule has 1 aliphatic heterocycles. The quantitative estimate of drug-likeness (QED) is 0.854. The minimum atomic E-state index is 0. The molecule has 1 aliphatic rings. The van der Waals surface area contributed by atoms with Crippen LogP contribution in [0.5, 0.6) is 0 Å². The molecule has 0 unspecified atom stereocenters. The summed E-state index contributed by atoms with van der Waals surface area (Å²) in [5.74, 6) is 0. The molecule has 16 heavy (non-hydrogen) atoms. The van der Waals surface area contributed by atoms with Crippen LogP contribution in [0.15, 0.2) is 24.5 Å². The molecule has 1 N–H and O–H groups in total. The second-order valence-electron chi connectivity index (χ2n) is 4.39. The predicted molar refractivity (Wildman–Crippen MR) is 68.8 cm³/mol. The van der Waals surface area contributed by atoms with Gasteiger partial charge in [0.05, 0.1) is 0 Å². The van der Waals surface area contributed by atoms with Crippen molar-refractivity contribution < 1.29 is 0 Å². The molecule has 0 aliphatic carbocycles. The van der Waals surface area contributed by atoms with E-state index >= 15 is 0 Å². The molecule has 2 rings (SSSR count). The van der Waals surface area contributed by atoms with E-state index in [1.165, 1.54) is 5.56 Å². The van der Waals surface area contributed by atoms with Crippen molar-refractivity contribution in [2.75, 3.05) is 13.1 Å². The number of piperazine rings is 1. The van der Waals surface area contributed by atoms with Crippen molar-refractivity contribution in [3.63, 3.8) is 0 Å². The molecule has 0 spiro atoms. The molecular formula is C12H20ClN3. The van der Waals surface area contributed by atoms with Crippen LogP contribution in [0.3, 0.4) is 0 Å². The van der Waals surface area contributed by atoms with Crippen LogP contribution < -0.4 is 5.32 Å². The van der Waals surface area contributed by atoms with Gasteiger partial charge < -0.3 is 5.32 Å². The fraction of sp³-hybridized carbons (Fsp3) is 0.583. The SMILES string of the molecule is C[C@@H]1CNC[C@H](C)N1Cc1cccnc1.Cl. The standard InChI is InChI=1S/C12H19N3.ClH/c1-10-6-14-7-11(2)15(10)9-12-4-3-5-13-8-12;/h3-5,8,10-11,14H,6-7,9H2,1-2H3;1H/t10-,11+;. The van der Waals surface area contributed by atoms with Crippen molar-refractivity contribution in [1.82, 2.24) is 15.2 Å². The highest BCUT2D eigenvalue weighted by Gasteiger charge is 2.23. The molecule has 0 saturated carbocycles. The Kier molecular flexibility index (Phi) is 5.19. The lowest BCUT2D eigenvalue weighted by atomic mass is 10.1. The number of nitrogens with zero attached hydrogens (tertiary/aromatic N) is 2. The molecule has 1 aromatic rings. The van der Waals surface area contributed by atoms with Gasteiger partial charge in [-0.2, -0.15) is 0 Å². The van der Waals surface area contributed by atoms with Gasteiger partial charge in [-0.25, -0.2) is 0 Å². The van der Waals surface area contributed by atoms with Gasteiger partial charge in [0.1, 0.15) is 0 Å². The van der Waals surface area contributed by atoms with Crippen LogP contribution >= 0.6 is 12.4 Å². The van der Waals surface area contributed by atoms with Crippen molar-refractivity contribution in [3.8, 4) is 0 Å². The molecule has 1 saturated heterocycles. The monoisotopic (exact) mass is 241 g/mol. The lowest BCUT2D eigenvalue weighted by molar-refractivity contribution is 0.108. The molecule has 4 heteroatoms. The van der Waals surface area contributed by atoms with Crippen molar-refractivity contribution in [2.24, 2.45) is 0 Å².